The number of nitrogens with one attached hydrogen (secondary N) is 1. The van der Waals surface area contributed by atoms with Gasteiger partial charge in [-0.1, -0.05) is 0 Å². The Hall–Kier alpha value is -0.320. The van der Waals surface area contributed by atoms with E-state index in [1.165, 1.54) is 6.33 Å². The van der Waals surface area contributed by atoms with Crippen LogP contribution >= 0.6 is 22.6 Å². The molecule has 7 heteroatoms. The molecule has 2 heterocycles. The normalized spacial score (nSPS) is 9.31. The fourth-order valence-corrected chi connectivity index (χ4v) is 1.35. The molecule has 1 N–H and O–H groups in total. The quantitative estimate of drug-likeness (QED) is 0.381. The summed E-state index contributed by atoms with van der Waals surface area (Å²) in [5.41, 5.74) is 0.899. The largest absolute Gasteiger partial charge is 1.00 e. The summed E-state index contributed by atoms with van der Waals surface area (Å²) in [6.45, 7) is 0. The number of nitrogens with zero attached hydrogens (tertiary/aromatic N) is 4. The van der Waals surface area contributed by atoms with Gasteiger partial charge < -0.3 is 24.0 Å². The minimum Gasteiger partial charge on any atom is -1.00 e. The summed E-state index contributed by atoms with van der Waals surface area (Å²) in [4.78, 5) is 11.8. The molecule has 0 fully saturated rings. The van der Waals surface area contributed by atoms with E-state index in [2.05, 4.69) is 42.6 Å². The third-order valence-corrected chi connectivity index (χ3v) is 2.19. The SMILES string of the molecule is Ic1ncncc1-n1cnc[nH+]1.[I-]. The van der Waals surface area contributed by atoms with Gasteiger partial charge in [0.2, 0.25) is 6.33 Å². The molecule has 2 aromatic heterocycles. The Bertz CT molecular complexity index is 374. The highest BCUT2D eigenvalue weighted by atomic mass is 127. The fraction of sp³-hybridized carbons (Fsp3) is 0. The van der Waals surface area contributed by atoms with E-state index >= 15 is 0 Å². The van der Waals surface area contributed by atoms with Crippen molar-refractivity contribution in [2.45, 2.75) is 0 Å². The topological polar surface area (TPSA) is 57.7 Å². The minimum absolute atomic E-state index is 0. The van der Waals surface area contributed by atoms with Crippen LogP contribution in [-0.2, 0) is 0 Å². The Balaban J connectivity index is 0.000000845. The molecule has 0 spiro atoms. The van der Waals surface area contributed by atoms with Crippen LogP contribution in [0.1, 0.15) is 0 Å². The first-order valence-corrected chi connectivity index (χ1v) is 4.32. The predicted molar refractivity (Wildman–Crippen MR) is 48.4 cm³/mol. The Labute approximate surface area is 105 Å². The zero-order valence-corrected chi connectivity index (χ0v) is 10.7. The lowest BCUT2D eigenvalue weighted by Gasteiger charge is -1.96. The maximum atomic E-state index is 4.04. The molecule has 0 saturated heterocycles. The fourth-order valence-electron chi connectivity index (χ4n) is 0.830. The molecule has 5 nitrogen and oxygen atoms in total. The minimum atomic E-state index is 0. The molecule has 0 unspecified atom stereocenters. The zero-order valence-electron chi connectivity index (χ0n) is 6.35. The first-order chi connectivity index (χ1) is 5.88. The van der Waals surface area contributed by atoms with E-state index in [-0.39, 0.29) is 24.0 Å². The number of hydrogen-bond acceptors (Lipinski definition) is 3. The second-order valence-corrected chi connectivity index (χ2v) is 3.11. The van der Waals surface area contributed by atoms with Crippen molar-refractivity contribution in [3.05, 3.63) is 28.9 Å². The Morgan fingerprint density at radius 1 is 1.38 bits per heavy atom. The maximum Gasteiger partial charge on any atom is 0.304 e. The highest BCUT2D eigenvalue weighted by Crippen LogP contribution is 2.08. The standard InChI is InChI=1S/C6H4IN5.HI/c7-6-5(1-8-2-10-6)12-4-9-3-11-12;/h1-4H;1H. The van der Waals surface area contributed by atoms with Crippen LogP contribution in [0, 0.1) is 3.70 Å². The van der Waals surface area contributed by atoms with Gasteiger partial charge in [0, 0.05) is 0 Å². The van der Waals surface area contributed by atoms with Crippen LogP contribution in [0.25, 0.3) is 5.69 Å². The molecule has 2 rings (SSSR count). The van der Waals surface area contributed by atoms with Gasteiger partial charge in [0.15, 0.2) is 0 Å². The summed E-state index contributed by atoms with van der Waals surface area (Å²) < 4.78 is 2.64. The van der Waals surface area contributed by atoms with E-state index in [1.807, 2.05) is 0 Å². The van der Waals surface area contributed by atoms with Crippen LogP contribution in [-0.4, -0.2) is 19.6 Å². The van der Waals surface area contributed by atoms with Crippen LogP contribution in [0.5, 0.6) is 0 Å². The summed E-state index contributed by atoms with van der Waals surface area (Å²) in [5, 5.41) is 2.92. The van der Waals surface area contributed by atoms with Gasteiger partial charge in [0.05, 0.1) is 6.20 Å². The number of H-pyrrole nitrogens is 1. The van der Waals surface area contributed by atoms with Gasteiger partial charge in [-0.2, -0.15) is 5.10 Å². The molecule has 0 amide bonds. The molecule has 0 aliphatic carbocycles. The van der Waals surface area contributed by atoms with Crippen molar-refractivity contribution in [1.82, 2.24) is 19.6 Å². The van der Waals surface area contributed by atoms with Crippen molar-refractivity contribution in [1.29, 1.82) is 0 Å². The molecule has 68 valence electrons. The van der Waals surface area contributed by atoms with Gasteiger partial charge in [-0.05, 0) is 27.6 Å². The number of rotatable bonds is 1. The zero-order chi connectivity index (χ0) is 8.39. The molecule has 0 saturated carbocycles. The summed E-state index contributed by atoms with van der Waals surface area (Å²) in [6, 6.07) is 0. The van der Waals surface area contributed by atoms with Crippen molar-refractivity contribution in [2.24, 2.45) is 0 Å². The molecule has 0 aliphatic rings. The molecule has 0 radical (unpaired) electrons. The van der Waals surface area contributed by atoms with Crippen molar-refractivity contribution in [2.75, 3.05) is 0 Å². The molecule has 2 aromatic rings. The van der Waals surface area contributed by atoms with Crippen LogP contribution in [0.4, 0.5) is 0 Å². The van der Waals surface area contributed by atoms with E-state index in [0.29, 0.717) is 0 Å². The summed E-state index contributed by atoms with van der Waals surface area (Å²) in [5.74, 6) is 0. The van der Waals surface area contributed by atoms with Gasteiger partial charge in [-0.3, -0.25) is 0 Å². The van der Waals surface area contributed by atoms with Gasteiger partial charge in [-0.15, -0.1) is 4.68 Å². The molecular weight excluding hydrogens is 396 g/mol. The third kappa shape index (κ3) is 2.33. The van der Waals surface area contributed by atoms with Gasteiger partial charge in [0.25, 0.3) is 0 Å². The van der Waals surface area contributed by atoms with E-state index < -0.39 is 0 Å². The number of hydrogen-bond donors (Lipinski definition) is 0. The summed E-state index contributed by atoms with van der Waals surface area (Å²) in [6.07, 6.45) is 6.51. The first-order valence-electron chi connectivity index (χ1n) is 3.24. The predicted octanol–water partition coefficient (Wildman–Crippen LogP) is -2.91. The lowest BCUT2D eigenvalue weighted by Crippen LogP contribution is -3.00. The Morgan fingerprint density at radius 3 is 2.85 bits per heavy atom. The van der Waals surface area contributed by atoms with Gasteiger partial charge in [-0.25, -0.2) is 9.97 Å². The second kappa shape index (κ2) is 4.79. The van der Waals surface area contributed by atoms with Crippen molar-refractivity contribution < 1.29 is 29.1 Å². The average Bonchev–Trinajstić information content (AvgIpc) is 2.57. The molecule has 0 bridgehead atoms. The lowest BCUT2D eigenvalue weighted by atomic mass is 10.5. The van der Waals surface area contributed by atoms with E-state index in [0.717, 1.165) is 9.39 Å². The van der Waals surface area contributed by atoms with E-state index in [9.17, 15) is 0 Å². The van der Waals surface area contributed by atoms with Crippen molar-refractivity contribution in [3.63, 3.8) is 0 Å². The number of halogens is 2. The van der Waals surface area contributed by atoms with Crippen LogP contribution in [0.2, 0.25) is 0 Å². The van der Waals surface area contributed by atoms with Crippen LogP contribution in [0.3, 0.4) is 0 Å². The van der Waals surface area contributed by atoms with Crippen molar-refractivity contribution in [3.8, 4) is 5.69 Å². The summed E-state index contributed by atoms with van der Waals surface area (Å²) >= 11 is 2.14. The Kier molecular flexibility index (Phi) is 3.96. The number of aromatic amines is 1. The highest BCUT2D eigenvalue weighted by molar-refractivity contribution is 14.1. The summed E-state index contributed by atoms with van der Waals surface area (Å²) in [7, 11) is 0. The highest BCUT2D eigenvalue weighted by Gasteiger charge is 2.05. The molecular formula is C6H5I2N5. The molecule has 0 atom stereocenters. The molecule has 13 heavy (non-hydrogen) atoms. The smallest absolute Gasteiger partial charge is 0.304 e. The second-order valence-electron chi connectivity index (χ2n) is 2.09. The first kappa shape index (κ1) is 10.8. The Morgan fingerprint density at radius 2 is 2.23 bits per heavy atom. The maximum absolute atomic E-state index is 4.04. The average molecular weight is 401 g/mol. The van der Waals surface area contributed by atoms with E-state index in [1.54, 1.807) is 23.5 Å². The van der Waals surface area contributed by atoms with Gasteiger partial charge in [0.1, 0.15) is 15.7 Å². The third-order valence-electron chi connectivity index (χ3n) is 1.36. The molecule has 0 aromatic carbocycles. The monoisotopic (exact) mass is 401 g/mol. The van der Waals surface area contributed by atoms with Crippen LogP contribution in [0.15, 0.2) is 25.2 Å². The van der Waals surface area contributed by atoms with Gasteiger partial charge >= 0.3 is 6.33 Å². The van der Waals surface area contributed by atoms with Crippen molar-refractivity contribution >= 4 is 22.6 Å². The molecule has 0 aliphatic heterocycles. The van der Waals surface area contributed by atoms with Crippen LogP contribution < -0.4 is 29.1 Å². The van der Waals surface area contributed by atoms with E-state index in [4.69, 9.17) is 0 Å². The number of aromatic nitrogens is 5. The lowest BCUT2D eigenvalue weighted by molar-refractivity contribution is -0.475.